The quantitative estimate of drug-likeness (QED) is 0.643. The first-order valence-corrected chi connectivity index (χ1v) is 7.36. The summed E-state index contributed by atoms with van der Waals surface area (Å²) < 4.78 is 0. The monoisotopic (exact) mass is 291 g/mol. The highest BCUT2D eigenvalue weighted by Gasteiger charge is 2.23. The minimum absolute atomic E-state index is 0.0936. The SMILES string of the molecule is CCC1CCC(Nc2ccc(C(N)=O)cc2[N+](=O)[O-])CC1. The summed E-state index contributed by atoms with van der Waals surface area (Å²) in [5.74, 6) is 0.114. The predicted molar refractivity (Wildman–Crippen MR) is 81.3 cm³/mol. The van der Waals surface area contributed by atoms with Crippen LogP contribution in [0.4, 0.5) is 11.4 Å². The Hall–Kier alpha value is -2.11. The molecule has 0 aliphatic heterocycles. The van der Waals surface area contributed by atoms with Gasteiger partial charge in [-0.3, -0.25) is 14.9 Å². The van der Waals surface area contributed by atoms with Crippen LogP contribution in [0.1, 0.15) is 49.4 Å². The molecule has 0 unspecified atom stereocenters. The van der Waals surface area contributed by atoms with E-state index in [4.69, 9.17) is 5.73 Å². The molecule has 1 fully saturated rings. The molecule has 6 heteroatoms. The summed E-state index contributed by atoms with van der Waals surface area (Å²) in [6.07, 6.45) is 5.54. The van der Waals surface area contributed by atoms with Crippen LogP contribution in [0.2, 0.25) is 0 Å². The summed E-state index contributed by atoms with van der Waals surface area (Å²) in [5, 5.41) is 14.4. The van der Waals surface area contributed by atoms with Gasteiger partial charge >= 0.3 is 0 Å². The fraction of sp³-hybridized carbons (Fsp3) is 0.533. The molecule has 1 aliphatic rings. The molecule has 1 aliphatic carbocycles. The first kappa shape index (κ1) is 15.3. The number of anilines is 1. The second-order valence-corrected chi connectivity index (χ2v) is 5.62. The Labute approximate surface area is 123 Å². The number of rotatable bonds is 5. The van der Waals surface area contributed by atoms with Crippen LogP contribution in [0.25, 0.3) is 0 Å². The van der Waals surface area contributed by atoms with Crippen molar-refractivity contribution in [2.45, 2.75) is 45.1 Å². The Morgan fingerprint density at radius 2 is 2.05 bits per heavy atom. The van der Waals surface area contributed by atoms with Gasteiger partial charge in [-0.2, -0.15) is 0 Å². The second kappa shape index (κ2) is 6.56. The number of hydrogen-bond donors (Lipinski definition) is 2. The lowest BCUT2D eigenvalue weighted by Crippen LogP contribution is -2.26. The molecule has 0 radical (unpaired) electrons. The summed E-state index contributed by atoms with van der Waals surface area (Å²) in [5.41, 5.74) is 5.69. The second-order valence-electron chi connectivity index (χ2n) is 5.62. The van der Waals surface area contributed by atoms with Gasteiger partial charge in [-0.25, -0.2) is 0 Å². The Balaban J connectivity index is 2.13. The molecule has 6 nitrogen and oxygen atoms in total. The zero-order chi connectivity index (χ0) is 15.4. The average Bonchev–Trinajstić information content (AvgIpc) is 2.48. The van der Waals surface area contributed by atoms with E-state index in [9.17, 15) is 14.9 Å². The number of carbonyl (C=O) groups is 1. The number of nitrogens with two attached hydrogens (primary N) is 1. The van der Waals surface area contributed by atoms with E-state index in [0.717, 1.165) is 31.6 Å². The first-order valence-electron chi connectivity index (χ1n) is 7.36. The van der Waals surface area contributed by atoms with Crippen LogP contribution in [0.15, 0.2) is 18.2 Å². The molecule has 1 aromatic carbocycles. The molecule has 0 atom stereocenters. The van der Waals surface area contributed by atoms with Crippen molar-refractivity contribution in [2.75, 3.05) is 5.32 Å². The van der Waals surface area contributed by atoms with E-state index in [1.54, 1.807) is 6.07 Å². The van der Waals surface area contributed by atoms with Crippen LogP contribution in [-0.4, -0.2) is 16.9 Å². The molecule has 0 heterocycles. The maximum absolute atomic E-state index is 11.2. The van der Waals surface area contributed by atoms with E-state index in [2.05, 4.69) is 12.2 Å². The molecule has 1 saturated carbocycles. The van der Waals surface area contributed by atoms with Gasteiger partial charge in [-0.05, 0) is 43.7 Å². The molecule has 3 N–H and O–H groups in total. The summed E-state index contributed by atoms with van der Waals surface area (Å²) in [6.45, 7) is 2.20. The molecule has 114 valence electrons. The highest BCUT2D eigenvalue weighted by molar-refractivity contribution is 5.94. The van der Waals surface area contributed by atoms with Gasteiger partial charge in [0.05, 0.1) is 4.92 Å². The van der Waals surface area contributed by atoms with Gasteiger partial charge in [0.25, 0.3) is 5.69 Å². The minimum Gasteiger partial charge on any atom is -0.377 e. The van der Waals surface area contributed by atoms with E-state index in [0.29, 0.717) is 5.69 Å². The average molecular weight is 291 g/mol. The Bertz CT molecular complexity index is 537. The van der Waals surface area contributed by atoms with E-state index < -0.39 is 10.8 Å². The fourth-order valence-electron chi connectivity index (χ4n) is 2.89. The zero-order valence-corrected chi connectivity index (χ0v) is 12.2. The molecule has 1 amide bonds. The van der Waals surface area contributed by atoms with Crippen molar-refractivity contribution in [1.82, 2.24) is 0 Å². The zero-order valence-electron chi connectivity index (χ0n) is 12.2. The smallest absolute Gasteiger partial charge is 0.293 e. The summed E-state index contributed by atoms with van der Waals surface area (Å²) in [6, 6.07) is 4.59. The molecule has 0 saturated heterocycles. The Morgan fingerprint density at radius 1 is 1.38 bits per heavy atom. The van der Waals surface area contributed by atoms with Crippen molar-refractivity contribution in [3.8, 4) is 0 Å². The first-order chi connectivity index (χ1) is 10.0. The number of nitro benzene ring substituents is 1. The van der Waals surface area contributed by atoms with Crippen LogP contribution < -0.4 is 11.1 Å². The third-order valence-electron chi connectivity index (χ3n) is 4.26. The van der Waals surface area contributed by atoms with Gasteiger partial charge in [0.1, 0.15) is 5.69 Å². The maximum Gasteiger partial charge on any atom is 0.293 e. The largest absolute Gasteiger partial charge is 0.377 e. The summed E-state index contributed by atoms with van der Waals surface area (Å²) >= 11 is 0. The number of benzene rings is 1. The lowest BCUT2D eigenvalue weighted by molar-refractivity contribution is -0.384. The van der Waals surface area contributed by atoms with Crippen molar-refractivity contribution in [1.29, 1.82) is 0 Å². The number of hydrogen-bond acceptors (Lipinski definition) is 4. The number of nitrogens with one attached hydrogen (secondary N) is 1. The van der Waals surface area contributed by atoms with Gasteiger partial charge in [-0.15, -0.1) is 0 Å². The molecule has 0 bridgehead atoms. The number of primary amides is 1. The topological polar surface area (TPSA) is 98.3 Å². The number of carbonyl (C=O) groups excluding carboxylic acids is 1. The number of nitrogens with zero attached hydrogens (tertiary/aromatic N) is 1. The Kier molecular flexibility index (Phi) is 4.77. The van der Waals surface area contributed by atoms with Gasteiger partial charge in [-0.1, -0.05) is 13.3 Å². The third kappa shape index (κ3) is 3.71. The third-order valence-corrected chi connectivity index (χ3v) is 4.26. The molecule has 1 aromatic rings. The van der Waals surface area contributed by atoms with Crippen molar-refractivity contribution >= 4 is 17.3 Å². The number of amides is 1. The van der Waals surface area contributed by atoms with Crippen LogP contribution >= 0.6 is 0 Å². The standard InChI is InChI=1S/C15H21N3O3/c1-2-10-3-6-12(7-4-10)17-13-8-5-11(15(16)19)9-14(13)18(20)21/h5,8-10,12,17H,2-4,6-7H2,1H3,(H2,16,19). The maximum atomic E-state index is 11.2. The molecule has 0 aromatic heterocycles. The van der Waals surface area contributed by atoms with Crippen LogP contribution in [-0.2, 0) is 0 Å². The molecular formula is C15H21N3O3. The van der Waals surface area contributed by atoms with Crippen LogP contribution in [0.3, 0.4) is 0 Å². The number of nitro groups is 1. The van der Waals surface area contributed by atoms with Gasteiger partial charge in [0, 0.05) is 17.7 Å². The van der Waals surface area contributed by atoms with Crippen molar-refractivity contribution < 1.29 is 9.72 Å². The van der Waals surface area contributed by atoms with Gasteiger partial charge in [0.2, 0.25) is 5.91 Å². The highest BCUT2D eigenvalue weighted by Crippen LogP contribution is 2.31. The van der Waals surface area contributed by atoms with Crippen molar-refractivity contribution in [3.63, 3.8) is 0 Å². The van der Waals surface area contributed by atoms with Crippen LogP contribution in [0, 0.1) is 16.0 Å². The van der Waals surface area contributed by atoms with E-state index in [1.807, 2.05) is 0 Å². The van der Waals surface area contributed by atoms with Gasteiger partial charge < -0.3 is 11.1 Å². The molecular weight excluding hydrogens is 270 g/mol. The summed E-state index contributed by atoms with van der Waals surface area (Å²) in [7, 11) is 0. The lowest BCUT2D eigenvalue weighted by Gasteiger charge is -2.29. The highest BCUT2D eigenvalue weighted by atomic mass is 16.6. The minimum atomic E-state index is -0.659. The fourth-order valence-corrected chi connectivity index (χ4v) is 2.89. The van der Waals surface area contributed by atoms with Gasteiger partial charge in [0.15, 0.2) is 0 Å². The van der Waals surface area contributed by atoms with Crippen molar-refractivity contribution in [2.24, 2.45) is 11.7 Å². The normalized spacial score (nSPS) is 21.8. The lowest BCUT2D eigenvalue weighted by atomic mass is 9.84. The van der Waals surface area contributed by atoms with Crippen molar-refractivity contribution in [3.05, 3.63) is 33.9 Å². The summed E-state index contributed by atoms with van der Waals surface area (Å²) in [4.78, 5) is 21.8. The van der Waals surface area contributed by atoms with E-state index >= 15 is 0 Å². The van der Waals surface area contributed by atoms with E-state index in [-0.39, 0.29) is 17.3 Å². The molecule has 0 spiro atoms. The predicted octanol–water partition coefficient (Wildman–Crippen LogP) is 3.07. The van der Waals surface area contributed by atoms with E-state index in [1.165, 1.54) is 18.6 Å². The Morgan fingerprint density at radius 3 is 2.57 bits per heavy atom. The molecule has 2 rings (SSSR count). The van der Waals surface area contributed by atoms with Crippen LogP contribution in [0.5, 0.6) is 0 Å². The molecule has 21 heavy (non-hydrogen) atoms.